The van der Waals surface area contributed by atoms with E-state index in [4.69, 9.17) is 4.74 Å². The van der Waals surface area contributed by atoms with E-state index in [2.05, 4.69) is 10.6 Å². The number of nitrogens with one attached hydrogen (secondary N) is 2. The van der Waals surface area contributed by atoms with Crippen LogP contribution >= 0.6 is 11.3 Å². The highest BCUT2D eigenvalue weighted by atomic mass is 32.1. The minimum Gasteiger partial charge on any atom is -0.462 e. The van der Waals surface area contributed by atoms with Crippen LogP contribution in [0.3, 0.4) is 0 Å². The van der Waals surface area contributed by atoms with Gasteiger partial charge in [0.05, 0.1) is 17.0 Å². The molecular weight excluding hydrogens is 419 g/mol. The van der Waals surface area contributed by atoms with Crippen LogP contribution in [0.15, 0.2) is 48.5 Å². The number of carbonyl (C=O) groups is 3. The molecule has 0 atom stereocenters. The Bertz CT molecular complexity index is 1160. The quantitative estimate of drug-likeness (QED) is 0.517. The Labute approximate surface area is 183 Å². The molecule has 0 bridgehead atoms. The monoisotopic (exact) mass is 440 g/mol. The third-order valence-electron chi connectivity index (χ3n) is 4.54. The summed E-state index contributed by atoms with van der Waals surface area (Å²) in [4.78, 5) is 38.3. The lowest BCUT2D eigenvalue weighted by molar-refractivity contribution is 0.0527. The van der Waals surface area contributed by atoms with Gasteiger partial charge in [-0.3, -0.25) is 9.59 Å². The summed E-state index contributed by atoms with van der Waals surface area (Å²) in [6.45, 7) is 5.28. The summed E-state index contributed by atoms with van der Waals surface area (Å²) < 4.78 is 18.6. The lowest BCUT2D eigenvalue weighted by atomic mass is 10.1. The second kappa shape index (κ2) is 9.53. The van der Waals surface area contributed by atoms with Crippen molar-refractivity contribution in [1.82, 2.24) is 0 Å². The highest BCUT2D eigenvalue weighted by Gasteiger charge is 2.27. The van der Waals surface area contributed by atoms with Gasteiger partial charge in [-0.25, -0.2) is 9.18 Å². The van der Waals surface area contributed by atoms with Gasteiger partial charge in [0, 0.05) is 11.3 Å². The topological polar surface area (TPSA) is 84.5 Å². The number of aryl methyl sites for hydroxylation is 1. The van der Waals surface area contributed by atoms with Crippen LogP contribution < -0.4 is 10.6 Å². The summed E-state index contributed by atoms with van der Waals surface area (Å²) in [5, 5.41) is 5.61. The summed E-state index contributed by atoms with van der Waals surface area (Å²) in [5.74, 6) is -2.22. The molecule has 0 saturated heterocycles. The maximum atomic E-state index is 13.5. The Balaban J connectivity index is 1.96. The maximum absolute atomic E-state index is 13.5. The molecular formula is C23H21FN2O4S. The van der Waals surface area contributed by atoms with Crippen LogP contribution in [-0.4, -0.2) is 24.4 Å². The predicted octanol–water partition coefficient (Wildman–Crippen LogP) is 5.19. The Kier molecular flexibility index (Phi) is 6.81. The normalized spacial score (nSPS) is 10.5. The van der Waals surface area contributed by atoms with Crippen LogP contribution in [-0.2, 0) is 4.74 Å². The van der Waals surface area contributed by atoms with Gasteiger partial charge in [0.2, 0.25) is 0 Å². The van der Waals surface area contributed by atoms with Crippen LogP contribution in [0.25, 0.3) is 0 Å². The number of amides is 2. The first-order valence-corrected chi connectivity index (χ1v) is 10.4. The zero-order chi connectivity index (χ0) is 22.5. The molecule has 0 aliphatic carbocycles. The Morgan fingerprint density at radius 2 is 1.74 bits per heavy atom. The van der Waals surface area contributed by atoms with Crippen LogP contribution in [0.1, 0.15) is 48.4 Å². The second-order valence-corrected chi connectivity index (χ2v) is 7.73. The molecule has 0 spiro atoms. The number of ether oxygens (including phenoxy) is 1. The fraction of sp³-hybridized carbons (Fsp3) is 0.174. The van der Waals surface area contributed by atoms with Crippen molar-refractivity contribution in [3.63, 3.8) is 0 Å². The number of rotatable bonds is 6. The smallest absolute Gasteiger partial charge is 0.341 e. The van der Waals surface area contributed by atoms with Gasteiger partial charge < -0.3 is 15.4 Å². The van der Waals surface area contributed by atoms with E-state index in [1.54, 1.807) is 26.0 Å². The number of halogens is 1. The van der Waals surface area contributed by atoms with Crippen molar-refractivity contribution in [1.29, 1.82) is 0 Å². The zero-order valence-electron chi connectivity index (χ0n) is 17.2. The van der Waals surface area contributed by atoms with E-state index in [0.717, 1.165) is 23.0 Å². The van der Waals surface area contributed by atoms with E-state index in [1.165, 1.54) is 18.2 Å². The highest BCUT2D eigenvalue weighted by molar-refractivity contribution is 7.19. The second-order valence-electron chi connectivity index (χ2n) is 6.71. The summed E-state index contributed by atoms with van der Waals surface area (Å²) in [5.41, 5.74) is 2.11. The molecule has 0 fully saturated rings. The molecule has 8 heteroatoms. The number of anilines is 2. The average Bonchev–Trinajstić information content (AvgIpc) is 3.05. The summed E-state index contributed by atoms with van der Waals surface area (Å²) in [6, 6.07) is 12.5. The first-order valence-electron chi connectivity index (χ1n) is 9.56. The lowest BCUT2D eigenvalue weighted by Gasteiger charge is -2.08. The number of hydrogen-bond acceptors (Lipinski definition) is 5. The van der Waals surface area contributed by atoms with Crippen LogP contribution in [0, 0.1) is 19.7 Å². The van der Waals surface area contributed by atoms with Gasteiger partial charge in [-0.15, -0.1) is 11.3 Å². The maximum Gasteiger partial charge on any atom is 0.341 e. The summed E-state index contributed by atoms with van der Waals surface area (Å²) in [6.07, 6.45) is 0. The van der Waals surface area contributed by atoms with Gasteiger partial charge in [-0.2, -0.15) is 0 Å². The van der Waals surface area contributed by atoms with Gasteiger partial charge in [0.15, 0.2) is 0 Å². The molecule has 0 saturated carbocycles. The first-order chi connectivity index (χ1) is 14.8. The Morgan fingerprint density at radius 1 is 1.00 bits per heavy atom. The number of carbonyl (C=O) groups excluding carboxylic acids is 3. The van der Waals surface area contributed by atoms with Crippen molar-refractivity contribution in [2.75, 3.05) is 17.2 Å². The van der Waals surface area contributed by atoms with Crippen molar-refractivity contribution < 1.29 is 23.5 Å². The van der Waals surface area contributed by atoms with Crippen molar-refractivity contribution in [3.8, 4) is 0 Å². The number of hydrogen-bond donors (Lipinski definition) is 2. The van der Waals surface area contributed by atoms with E-state index < -0.39 is 23.6 Å². The molecule has 6 nitrogen and oxygen atoms in total. The molecule has 1 heterocycles. The molecule has 0 radical (unpaired) electrons. The molecule has 2 amide bonds. The standard InChI is InChI=1S/C23H21FN2O4S/c1-4-30-23(29)18-14(3)19(21(28)25-17-11-6-5-8-13(17)2)31-22(18)26-20(27)15-9-7-10-16(24)12-15/h5-12H,4H2,1-3H3,(H,25,28)(H,26,27). The van der Waals surface area contributed by atoms with Gasteiger partial charge >= 0.3 is 5.97 Å². The third-order valence-corrected chi connectivity index (χ3v) is 5.75. The minimum absolute atomic E-state index is 0.0896. The number of para-hydroxylation sites is 1. The van der Waals surface area contributed by atoms with Crippen LogP contribution in [0.4, 0.5) is 15.1 Å². The molecule has 0 aliphatic rings. The number of benzene rings is 2. The van der Waals surface area contributed by atoms with Crippen molar-refractivity contribution in [2.45, 2.75) is 20.8 Å². The van der Waals surface area contributed by atoms with E-state index >= 15 is 0 Å². The Hall–Kier alpha value is -3.52. The van der Waals surface area contributed by atoms with Gasteiger partial charge in [-0.1, -0.05) is 24.3 Å². The first kappa shape index (κ1) is 22.2. The van der Waals surface area contributed by atoms with E-state index in [-0.39, 0.29) is 27.6 Å². The number of esters is 1. The van der Waals surface area contributed by atoms with Crippen molar-refractivity contribution >= 4 is 39.8 Å². The molecule has 3 aromatic rings. The fourth-order valence-electron chi connectivity index (χ4n) is 2.96. The minimum atomic E-state index is -0.652. The van der Waals surface area contributed by atoms with Crippen LogP contribution in [0.2, 0.25) is 0 Å². The largest absolute Gasteiger partial charge is 0.462 e. The highest BCUT2D eigenvalue weighted by Crippen LogP contribution is 2.35. The molecule has 31 heavy (non-hydrogen) atoms. The van der Waals surface area contributed by atoms with Gasteiger partial charge in [0.1, 0.15) is 10.8 Å². The third kappa shape index (κ3) is 4.97. The van der Waals surface area contributed by atoms with Crippen LogP contribution in [0.5, 0.6) is 0 Å². The van der Waals surface area contributed by atoms with Gasteiger partial charge in [-0.05, 0) is 56.2 Å². The molecule has 2 N–H and O–H groups in total. The van der Waals surface area contributed by atoms with E-state index in [1.807, 2.05) is 19.1 Å². The molecule has 160 valence electrons. The molecule has 3 rings (SSSR count). The molecule has 0 aliphatic heterocycles. The Morgan fingerprint density at radius 3 is 2.42 bits per heavy atom. The summed E-state index contributed by atoms with van der Waals surface area (Å²) >= 11 is 0.962. The summed E-state index contributed by atoms with van der Waals surface area (Å²) in [7, 11) is 0. The SMILES string of the molecule is CCOC(=O)c1c(NC(=O)c2cccc(F)c2)sc(C(=O)Nc2ccccc2C)c1C. The lowest BCUT2D eigenvalue weighted by Crippen LogP contribution is -2.15. The van der Waals surface area contributed by atoms with Crippen molar-refractivity contribution in [2.24, 2.45) is 0 Å². The zero-order valence-corrected chi connectivity index (χ0v) is 18.1. The average molecular weight is 440 g/mol. The van der Waals surface area contributed by atoms with Crippen molar-refractivity contribution in [3.05, 3.63) is 81.5 Å². The molecule has 2 aromatic carbocycles. The number of thiophene rings is 1. The fourth-order valence-corrected chi connectivity index (χ4v) is 4.05. The van der Waals surface area contributed by atoms with Gasteiger partial charge in [0.25, 0.3) is 11.8 Å². The van der Waals surface area contributed by atoms with E-state index in [0.29, 0.717) is 11.3 Å². The van der Waals surface area contributed by atoms with E-state index in [9.17, 15) is 18.8 Å². The molecule has 1 aromatic heterocycles. The predicted molar refractivity (Wildman–Crippen MR) is 118 cm³/mol. The molecule has 0 unspecified atom stereocenters.